The number of aliphatic hydroxyl groups is 1. The van der Waals surface area contributed by atoms with Gasteiger partial charge in [-0.05, 0) is 115 Å². The van der Waals surface area contributed by atoms with E-state index in [1.54, 1.807) is 45.2 Å². The van der Waals surface area contributed by atoms with Crippen LogP contribution in [-0.2, 0) is 70.2 Å². The van der Waals surface area contributed by atoms with E-state index in [-0.39, 0.29) is 68.4 Å². The molecule has 0 spiro atoms. The summed E-state index contributed by atoms with van der Waals surface area (Å²) in [6.45, 7) is 11.0. The lowest BCUT2D eigenvalue weighted by molar-refractivity contribution is -0.197. The number of amides is 6. The number of nitrogens with one attached hydrogen (secondary N) is 2. The van der Waals surface area contributed by atoms with Crippen molar-refractivity contribution < 1.29 is 76.7 Å². The number of hydroxylamine groups is 2. The van der Waals surface area contributed by atoms with Crippen molar-refractivity contribution in [2.24, 2.45) is 11.0 Å². The third-order valence-corrected chi connectivity index (χ3v) is 19.3. The molecule has 4 bridgehead atoms. The van der Waals surface area contributed by atoms with Gasteiger partial charge >= 0.3 is 18.0 Å². The number of halogens is 1. The molecule has 5 aliphatic rings. The highest BCUT2D eigenvalue weighted by molar-refractivity contribution is 8.77. The molecule has 7 rings (SSSR count). The summed E-state index contributed by atoms with van der Waals surface area (Å²) < 4.78 is 34.9. The molecule has 1 unspecified atom stereocenters. The SMILES string of the molecule is COc1cc2cc(c1Cl)N(C)C(=O)C[C@H](OC(=O)[C@H](C)N(C)C(=O)CCSSC(C)(C)CC(=O)N/N=C1\CCCCc3cc(OCCCC(=O)ON4C(=O)CCC4=O)ccc31)C1(C)O[C@H]1[C@H](C)[C@@H]1C[C@@](O)(NC(=O)O1)[C@H](OC)/C=C/C=C(\C)C2. The maximum absolute atomic E-state index is 14.4. The van der Waals surface area contributed by atoms with Gasteiger partial charge in [0, 0.05) is 75.3 Å². The molecule has 0 radical (unpaired) electrons. The third-order valence-electron chi connectivity index (χ3n) is 15.6. The third kappa shape index (κ3) is 16.4. The molecule has 4 aliphatic heterocycles. The summed E-state index contributed by atoms with van der Waals surface area (Å²) in [4.78, 5) is 112. The molecule has 6 amide bonds. The average molecular weight is 1230 g/mol. The molecule has 8 atom stereocenters. The summed E-state index contributed by atoms with van der Waals surface area (Å²) in [5.41, 5.74) is 4.28. The van der Waals surface area contributed by atoms with Gasteiger partial charge < -0.3 is 48.2 Å². The molecule has 22 nitrogen and oxygen atoms in total. The van der Waals surface area contributed by atoms with Gasteiger partial charge in [-0.25, -0.2) is 19.8 Å². The highest BCUT2D eigenvalue weighted by Gasteiger charge is 2.64. The minimum atomic E-state index is -1.88. The number of epoxide rings is 1. The van der Waals surface area contributed by atoms with E-state index in [2.05, 4.69) is 15.8 Å². The number of esters is 1. The fourth-order valence-corrected chi connectivity index (χ4v) is 13.3. The molecule has 3 N–H and O–H groups in total. The standard InChI is InChI=1S/C59H77ClN6O16S2/c1-34-15-13-18-45(77-10)59(75)32-44(79-56(74)61-59)35(2)54-58(6,81-54)46(31-51(71)65(8)42-28-37(27-34)29-43(76-9)53(42)60)80-55(73)36(3)64(7)48(68)24-26-83-84-57(4,5)33-47(67)63-62-41-17-12-11-16-38-30-39(20-21-40(38)41)78-25-14-19-52(72)82-66-49(69)22-23-50(66)70/h13,15,18,20-21,28-30,35-36,44-46,54,75H,11-12,14,16-17,19,22-27,31-33H2,1-10H3,(H,61,74)(H,63,67)/b18-13+,34-15+,62-41+/t35-,36+,44+,45-,46+,54+,58?,59+/m1/s1. The number of anilines is 1. The highest BCUT2D eigenvalue weighted by atomic mass is 35.5. The van der Waals surface area contributed by atoms with Crippen molar-refractivity contribution in [3.8, 4) is 11.5 Å². The van der Waals surface area contributed by atoms with Crippen LogP contribution in [0.2, 0.25) is 5.02 Å². The molecule has 0 aromatic heterocycles. The minimum Gasteiger partial charge on any atom is -0.495 e. The minimum absolute atomic E-state index is 0.0241. The zero-order chi connectivity index (χ0) is 61.3. The number of methoxy groups -OCH3 is 2. The number of carbonyl (C=O) groups excluding carboxylic acids is 8. The van der Waals surface area contributed by atoms with E-state index in [1.165, 1.54) is 59.6 Å². The van der Waals surface area contributed by atoms with Crippen molar-refractivity contribution in [1.29, 1.82) is 0 Å². The Kier molecular flexibility index (Phi) is 22.1. The Labute approximate surface area is 502 Å². The van der Waals surface area contributed by atoms with E-state index in [0.717, 1.165) is 47.2 Å². The maximum atomic E-state index is 14.4. The summed E-state index contributed by atoms with van der Waals surface area (Å²) >= 11 is 6.84. The van der Waals surface area contributed by atoms with Crippen molar-refractivity contribution in [3.63, 3.8) is 0 Å². The molecule has 3 saturated heterocycles. The molecular weight excluding hydrogens is 1150 g/mol. The fourth-order valence-electron chi connectivity index (χ4n) is 10.5. The van der Waals surface area contributed by atoms with Gasteiger partial charge in [-0.3, -0.25) is 29.3 Å². The van der Waals surface area contributed by atoms with Crippen LogP contribution in [0.3, 0.4) is 0 Å². The lowest BCUT2D eigenvalue weighted by atomic mass is 9.83. The van der Waals surface area contributed by atoms with Gasteiger partial charge in [0.1, 0.15) is 46.5 Å². The topological polar surface area (TPSA) is 271 Å². The number of rotatable bonds is 19. The first-order valence-corrected chi connectivity index (χ1v) is 30.8. The second-order valence-corrected chi connectivity index (χ2v) is 26.1. The first kappa shape index (κ1) is 65.4. The number of aryl methyl sites for hydroxylation is 1. The van der Waals surface area contributed by atoms with Crippen LogP contribution in [0, 0.1) is 5.92 Å². The van der Waals surface area contributed by atoms with Crippen molar-refractivity contribution in [3.05, 3.63) is 75.8 Å². The first-order valence-electron chi connectivity index (χ1n) is 28.1. The number of hydrazone groups is 1. The van der Waals surface area contributed by atoms with Gasteiger partial charge in [0.05, 0.1) is 44.1 Å². The van der Waals surface area contributed by atoms with Crippen molar-refractivity contribution in [2.45, 2.75) is 172 Å². The zero-order valence-electron chi connectivity index (χ0n) is 49.2. The van der Waals surface area contributed by atoms with Gasteiger partial charge in [-0.15, -0.1) is 5.06 Å². The number of hydrogen-bond donors (Lipinski definition) is 3. The summed E-state index contributed by atoms with van der Waals surface area (Å²) in [7, 11) is 8.82. The van der Waals surface area contributed by atoms with E-state index in [0.29, 0.717) is 47.3 Å². The van der Waals surface area contributed by atoms with Crippen molar-refractivity contribution in [1.82, 2.24) is 20.7 Å². The van der Waals surface area contributed by atoms with E-state index in [9.17, 15) is 43.5 Å². The summed E-state index contributed by atoms with van der Waals surface area (Å²) in [5.74, 6) is -2.92. The number of allylic oxidation sites excluding steroid dienone is 3. The van der Waals surface area contributed by atoms with Gasteiger partial charge in [-0.2, -0.15) is 5.10 Å². The quantitative estimate of drug-likeness (QED) is 0.0234. The summed E-state index contributed by atoms with van der Waals surface area (Å²) in [6, 6.07) is 8.11. The molecule has 3 fully saturated rings. The smallest absolute Gasteiger partial charge is 0.409 e. The number of likely N-dealkylation sites (N-methyl/N-ethyl adjacent to an activating group) is 1. The molecular formula is C59H77ClN6O16S2. The molecule has 25 heteroatoms. The van der Waals surface area contributed by atoms with Crippen LogP contribution in [0.5, 0.6) is 11.5 Å². The van der Waals surface area contributed by atoms with Gasteiger partial charge in [0.15, 0.2) is 5.72 Å². The van der Waals surface area contributed by atoms with E-state index in [1.807, 2.05) is 45.0 Å². The predicted octanol–water partition coefficient (Wildman–Crippen LogP) is 7.47. The Balaban J connectivity index is 0.931. The lowest BCUT2D eigenvalue weighted by Crippen LogP contribution is -2.63. The highest BCUT2D eigenvalue weighted by Crippen LogP contribution is 2.49. The molecule has 0 saturated carbocycles. The Bertz CT molecular complexity index is 2920. The normalized spacial score (nSPS) is 26.5. The van der Waals surface area contributed by atoms with Crippen LogP contribution in [0.15, 0.2) is 59.2 Å². The average Bonchev–Trinajstić information content (AvgIpc) is 4.20. The number of benzene rings is 2. The number of alkyl carbamates (subject to hydrolysis) is 1. The number of nitrogens with zero attached hydrogens (tertiary/aromatic N) is 4. The Morgan fingerprint density at radius 2 is 1.76 bits per heavy atom. The van der Waals surface area contributed by atoms with Crippen LogP contribution < -0.4 is 25.1 Å². The predicted molar refractivity (Wildman–Crippen MR) is 315 cm³/mol. The Morgan fingerprint density at radius 1 is 1.04 bits per heavy atom. The molecule has 2 aromatic carbocycles. The zero-order valence-corrected chi connectivity index (χ0v) is 51.6. The van der Waals surface area contributed by atoms with E-state index < -0.39 is 88.2 Å². The molecule has 458 valence electrons. The lowest BCUT2D eigenvalue weighted by Gasteiger charge is -2.42. The summed E-state index contributed by atoms with van der Waals surface area (Å²) in [6.07, 6.45) is 4.21. The Hall–Kier alpha value is -6.18. The second-order valence-electron chi connectivity index (χ2n) is 22.6. The van der Waals surface area contributed by atoms with Crippen LogP contribution in [0.25, 0.3) is 0 Å². The van der Waals surface area contributed by atoms with Crippen molar-refractivity contribution in [2.75, 3.05) is 45.6 Å². The summed E-state index contributed by atoms with van der Waals surface area (Å²) in [5, 5.41) is 19.7. The maximum Gasteiger partial charge on any atom is 0.409 e. The van der Waals surface area contributed by atoms with Crippen molar-refractivity contribution >= 4 is 92.2 Å². The second kappa shape index (κ2) is 28.3. The monoisotopic (exact) mass is 1220 g/mol. The molecule has 4 heterocycles. The number of hydrogen-bond acceptors (Lipinski definition) is 19. The Morgan fingerprint density at radius 3 is 2.48 bits per heavy atom. The van der Waals surface area contributed by atoms with Gasteiger partial charge in [0.2, 0.25) is 17.7 Å². The molecule has 1 aliphatic carbocycles. The molecule has 2 aromatic rings. The van der Waals surface area contributed by atoms with Crippen LogP contribution in [0.1, 0.15) is 129 Å². The van der Waals surface area contributed by atoms with Crippen LogP contribution >= 0.6 is 33.2 Å². The van der Waals surface area contributed by atoms with Crippen LogP contribution in [-0.4, -0.2) is 156 Å². The fraction of sp³-hybridized carbons (Fsp3) is 0.576. The number of imide groups is 1. The number of ether oxygens (including phenoxy) is 6. The van der Waals surface area contributed by atoms with E-state index >= 15 is 0 Å². The number of carbonyl (C=O) groups is 8. The first-order chi connectivity index (χ1) is 39.8. The largest absolute Gasteiger partial charge is 0.495 e. The van der Waals surface area contributed by atoms with E-state index in [4.69, 9.17) is 44.9 Å². The van der Waals surface area contributed by atoms with Gasteiger partial charge in [-0.1, -0.05) is 63.9 Å². The van der Waals surface area contributed by atoms with Gasteiger partial charge in [0.25, 0.3) is 11.8 Å². The molecule has 84 heavy (non-hydrogen) atoms. The number of fused-ring (bicyclic) bond motifs is 6. The van der Waals surface area contributed by atoms with Crippen LogP contribution in [0.4, 0.5) is 10.5 Å².